The summed E-state index contributed by atoms with van der Waals surface area (Å²) in [6.45, 7) is 12.1. The number of hydrogen-bond acceptors (Lipinski definition) is 6. The maximum absolute atomic E-state index is 10.3. The smallest absolute Gasteiger partial charge is 0.142 e. The third-order valence-electron chi connectivity index (χ3n) is 5.79. The molecule has 0 amide bonds. The molecule has 1 atom stereocenters. The van der Waals surface area contributed by atoms with Crippen molar-refractivity contribution in [3.63, 3.8) is 0 Å². The number of β-amino-alcohol motifs (C(OH)–C–C–N with tert-alkyl or cyclic N) is 1. The third-order valence-corrected chi connectivity index (χ3v) is 5.79. The van der Waals surface area contributed by atoms with Crippen molar-refractivity contribution >= 4 is 5.69 Å². The Morgan fingerprint density at radius 1 is 0.938 bits per heavy atom. The summed E-state index contributed by atoms with van der Waals surface area (Å²) in [6, 6.07) is 16.3. The standard InChI is InChI=1S/C26H38N2O4/c1-26(2,3)21-9-11-23(12-10-21)32-18-17-31-20-22(29)19-27-13-15-28(16-14-27)24-7-5-6-8-25(24)30-4/h5-12,22,29H,13-20H2,1-4H3/t22-/m0/s1. The van der Waals surface area contributed by atoms with Crippen LogP contribution in [0.1, 0.15) is 26.3 Å². The number of nitrogens with zero attached hydrogens (tertiary/aromatic N) is 2. The Morgan fingerprint density at radius 3 is 2.28 bits per heavy atom. The van der Waals surface area contributed by atoms with E-state index in [0.29, 0.717) is 26.4 Å². The van der Waals surface area contributed by atoms with Gasteiger partial charge in [-0.15, -0.1) is 0 Å². The summed E-state index contributed by atoms with van der Waals surface area (Å²) < 4.78 is 16.9. The van der Waals surface area contributed by atoms with Gasteiger partial charge in [-0.25, -0.2) is 0 Å². The quantitative estimate of drug-likeness (QED) is 0.568. The molecule has 2 aromatic rings. The lowest BCUT2D eigenvalue weighted by Crippen LogP contribution is -2.49. The normalized spacial score (nSPS) is 16.1. The van der Waals surface area contributed by atoms with Crippen LogP contribution in [0, 0.1) is 0 Å². The summed E-state index contributed by atoms with van der Waals surface area (Å²) in [6.07, 6.45) is -0.501. The van der Waals surface area contributed by atoms with Crippen LogP contribution in [-0.2, 0) is 10.2 Å². The van der Waals surface area contributed by atoms with Crippen LogP contribution in [0.3, 0.4) is 0 Å². The molecule has 1 heterocycles. The Labute approximate surface area is 192 Å². The highest BCUT2D eigenvalue weighted by molar-refractivity contribution is 5.58. The fraction of sp³-hybridized carbons (Fsp3) is 0.538. The molecule has 3 rings (SSSR count). The molecule has 0 unspecified atom stereocenters. The number of ether oxygens (including phenoxy) is 3. The topological polar surface area (TPSA) is 54.4 Å². The molecule has 32 heavy (non-hydrogen) atoms. The van der Waals surface area contributed by atoms with Crippen molar-refractivity contribution < 1.29 is 19.3 Å². The predicted molar refractivity (Wildman–Crippen MR) is 129 cm³/mol. The summed E-state index contributed by atoms with van der Waals surface area (Å²) in [4.78, 5) is 4.62. The average Bonchev–Trinajstić information content (AvgIpc) is 2.79. The van der Waals surface area contributed by atoms with Gasteiger partial charge in [-0.1, -0.05) is 45.0 Å². The predicted octanol–water partition coefficient (Wildman–Crippen LogP) is 3.57. The second-order valence-electron chi connectivity index (χ2n) is 9.31. The molecule has 0 aromatic heterocycles. The minimum Gasteiger partial charge on any atom is -0.495 e. The van der Waals surface area contributed by atoms with E-state index < -0.39 is 6.10 Å². The highest BCUT2D eigenvalue weighted by Crippen LogP contribution is 2.28. The highest BCUT2D eigenvalue weighted by Gasteiger charge is 2.21. The first-order chi connectivity index (χ1) is 15.4. The fourth-order valence-corrected chi connectivity index (χ4v) is 3.90. The van der Waals surface area contributed by atoms with E-state index in [9.17, 15) is 5.11 Å². The van der Waals surface area contributed by atoms with E-state index in [1.165, 1.54) is 5.56 Å². The van der Waals surface area contributed by atoms with Crippen molar-refractivity contribution in [2.45, 2.75) is 32.3 Å². The maximum atomic E-state index is 10.3. The molecule has 1 saturated heterocycles. The van der Waals surface area contributed by atoms with Crippen molar-refractivity contribution in [1.82, 2.24) is 4.90 Å². The van der Waals surface area contributed by atoms with Gasteiger partial charge in [0.15, 0.2) is 0 Å². The summed E-state index contributed by atoms with van der Waals surface area (Å²) in [5, 5.41) is 10.3. The number of anilines is 1. The summed E-state index contributed by atoms with van der Waals surface area (Å²) >= 11 is 0. The van der Waals surface area contributed by atoms with Crippen LogP contribution in [0.15, 0.2) is 48.5 Å². The molecule has 2 aromatic carbocycles. The first-order valence-corrected chi connectivity index (χ1v) is 11.5. The summed E-state index contributed by atoms with van der Waals surface area (Å²) in [7, 11) is 1.71. The van der Waals surface area contributed by atoms with Gasteiger partial charge >= 0.3 is 0 Å². The zero-order valence-corrected chi connectivity index (χ0v) is 19.9. The van der Waals surface area contributed by atoms with Gasteiger partial charge in [0.25, 0.3) is 0 Å². The van der Waals surface area contributed by atoms with E-state index in [1.54, 1.807) is 7.11 Å². The van der Waals surface area contributed by atoms with E-state index in [0.717, 1.165) is 43.4 Å². The zero-order chi connectivity index (χ0) is 23.0. The number of rotatable bonds is 10. The minimum absolute atomic E-state index is 0.138. The van der Waals surface area contributed by atoms with Crippen LogP contribution in [0.5, 0.6) is 11.5 Å². The first-order valence-electron chi connectivity index (χ1n) is 11.5. The first kappa shape index (κ1) is 24.4. The largest absolute Gasteiger partial charge is 0.495 e. The molecule has 0 spiro atoms. The summed E-state index contributed by atoms with van der Waals surface area (Å²) in [5.74, 6) is 1.75. The van der Waals surface area contributed by atoms with E-state index in [2.05, 4.69) is 48.8 Å². The number of benzene rings is 2. The molecule has 1 fully saturated rings. The lowest BCUT2D eigenvalue weighted by molar-refractivity contribution is 0.00717. The fourth-order valence-electron chi connectivity index (χ4n) is 3.90. The Kier molecular flexibility index (Phi) is 8.79. The lowest BCUT2D eigenvalue weighted by Gasteiger charge is -2.37. The van der Waals surface area contributed by atoms with Gasteiger partial charge in [-0.2, -0.15) is 0 Å². The van der Waals surface area contributed by atoms with Crippen LogP contribution in [0.25, 0.3) is 0 Å². The molecule has 1 aliphatic heterocycles. The molecule has 6 heteroatoms. The van der Waals surface area contributed by atoms with Gasteiger partial charge in [0.05, 0.1) is 32.1 Å². The average molecular weight is 443 g/mol. The molecule has 1 aliphatic rings. The van der Waals surface area contributed by atoms with Gasteiger partial charge in [-0.05, 0) is 35.2 Å². The Morgan fingerprint density at radius 2 is 1.62 bits per heavy atom. The SMILES string of the molecule is COc1ccccc1N1CCN(C[C@H](O)COCCOc2ccc(C(C)(C)C)cc2)CC1. The van der Waals surface area contributed by atoms with Crippen molar-refractivity contribution in [1.29, 1.82) is 0 Å². The van der Waals surface area contributed by atoms with Crippen molar-refractivity contribution in [2.24, 2.45) is 0 Å². The Balaban J connectivity index is 1.30. The van der Waals surface area contributed by atoms with Crippen molar-refractivity contribution in [3.8, 4) is 11.5 Å². The number of aliphatic hydroxyl groups excluding tert-OH is 1. The number of methoxy groups -OCH3 is 1. The van der Waals surface area contributed by atoms with Gasteiger partial charge in [0, 0.05) is 32.7 Å². The van der Waals surface area contributed by atoms with E-state index in [1.807, 2.05) is 30.3 Å². The minimum atomic E-state index is -0.501. The second-order valence-corrected chi connectivity index (χ2v) is 9.31. The van der Waals surface area contributed by atoms with Crippen LogP contribution in [0.4, 0.5) is 5.69 Å². The number of piperazine rings is 1. The monoisotopic (exact) mass is 442 g/mol. The van der Waals surface area contributed by atoms with Crippen molar-refractivity contribution in [2.75, 3.05) is 64.6 Å². The van der Waals surface area contributed by atoms with Crippen LogP contribution in [-0.4, -0.2) is 75.8 Å². The van der Waals surface area contributed by atoms with Crippen LogP contribution >= 0.6 is 0 Å². The molecule has 0 radical (unpaired) electrons. The number of hydrogen-bond donors (Lipinski definition) is 1. The Hall–Kier alpha value is -2.28. The zero-order valence-electron chi connectivity index (χ0n) is 19.9. The number of para-hydroxylation sites is 2. The number of aliphatic hydroxyl groups is 1. The summed E-state index contributed by atoms with van der Waals surface area (Å²) in [5.41, 5.74) is 2.55. The van der Waals surface area contributed by atoms with Gasteiger partial charge < -0.3 is 24.2 Å². The second kappa shape index (κ2) is 11.5. The molecule has 176 valence electrons. The maximum Gasteiger partial charge on any atom is 0.142 e. The molecule has 0 bridgehead atoms. The Bertz CT molecular complexity index is 811. The van der Waals surface area contributed by atoms with Gasteiger partial charge in [0.1, 0.15) is 18.1 Å². The van der Waals surface area contributed by atoms with Gasteiger partial charge in [-0.3, -0.25) is 4.90 Å². The van der Waals surface area contributed by atoms with Crippen molar-refractivity contribution in [3.05, 3.63) is 54.1 Å². The molecule has 1 N–H and O–H groups in total. The van der Waals surface area contributed by atoms with E-state index in [-0.39, 0.29) is 5.41 Å². The van der Waals surface area contributed by atoms with Crippen LogP contribution < -0.4 is 14.4 Å². The van der Waals surface area contributed by atoms with E-state index >= 15 is 0 Å². The molecular weight excluding hydrogens is 404 g/mol. The highest BCUT2D eigenvalue weighted by atomic mass is 16.5. The molecular formula is C26H38N2O4. The molecule has 0 saturated carbocycles. The molecule has 0 aliphatic carbocycles. The third kappa shape index (κ3) is 7.12. The lowest BCUT2D eigenvalue weighted by atomic mass is 9.87. The van der Waals surface area contributed by atoms with Gasteiger partial charge in [0.2, 0.25) is 0 Å². The van der Waals surface area contributed by atoms with Crippen LogP contribution in [0.2, 0.25) is 0 Å². The van der Waals surface area contributed by atoms with E-state index in [4.69, 9.17) is 14.2 Å². The molecule has 6 nitrogen and oxygen atoms in total.